The van der Waals surface area contributed by atoms with E-state index in [9.17, 15) is 4.79 Å². The van der Waals surface area contributed by atoms with Crippen LogP contribution < -0.4 is 5.32 Å². The minimum absolute atomic E-state index is 0.163. The van der Waals surface area contributed by atoms with Gasteiger partial charge in [-0.25, -0.2) is 9.97 Å². The fourth-order valence-electron chi connectivity index (χ4n) is 1.18. The Morgan fingerprint density at radius 3 is 2.53 bits per heavy atom. The van der Waals surface area contributed by atoms with Gasteiger partial charge in [-0.3, -0.25) is 4.79 Å². The molecule has 1 rings (SSSR count). The zero-order valence-electron chi connectivity index (χ0n) is 8.90. The monoisotopic (exact) mass is 209 g/mol. The summed E-state index contributed by atoms with van der Waals surface area (Å²) in [6, 6.07) is 0. The maximum absolute atomic E-state index is 10.3. The molecule has 1 heterocycles. The molecule has 0 aliphatic carbocycles. The fraction of sp³-hybridized carbons (Fsp3) is 0.500. The van der Waals surface area contributed by atoms with Crippen LogP contribution in [0.3, 0.4) is 0 Å². The predicted molar refractivity (Wildman–Crippen MR) is 56.7 cm³/mol. The molecule has 0 unspecified atom stereocenters. The molecule has 0 aliphatic rings. The minimum atomic E-state index is -0.926. The molecule has 1 aromatic rings. The molecule has 0 radical (unpaired) electrons. The predicted octanol–water partition coefficient (Wildman–Crippen LogP) is 1.17. The highest BCUT2D eigenvalue weighted by Crippen LogP contribution is 2.06. The van der Waals surface area contributed by atoms with Crippen LogP contribution >= 0.6 is 0 Å². The number of nitrogens with zero attached hydrogens (tertiary/aromatic N) is 2. The van der Waals surface area contributed by atoms with Gasteiger partial charge >= 0.3 is 5.97 Å². The molecule has 2 N–H and O–H groups in total. The van der Waals surface area contributed by atoms with E-state index in [1.165, 1.54) is 0 Å². The zero-order chi connectivity index (χ0) is 11.3. The first-order valence-corrected chi connectivity index (χ1v) is 4.84. The van der Waals surface area contributed by atoms with E-state index in [-0.39, 0.29) is 6.54 Å². The van der Waals surface area contributed by atoms with Gasteiger partial charge in [0.25, 0.3) is 0 Å². The van der Waals surface area contributed by atoms with Gasteiger partial charge in [0.15, 0.2) is 0 Å². The number of anilines is 1. The minimum Gasteiger partial charge on any atom is -0.480 e. The number of carbonyl (C=O) groups is 1. The quantitative estimate of drug-likeness (QED) is 0.761. The Morgan fingerprint density at radius 1 is 1.47 bits per heavy atom. The Bertz CT molecular complexity index is 322. The summed E-state index contributed by atoms with van der Waals surface area (Å²) in [4.78, 5) is 18.3. The molecule has 15 heavy (non-hydrogen) atoms. The van der Waals surface area contributed by atoms with E-state index in [1.807, 2.05) is 0 Å². The molecule has 0 bridgehead atoms. The van der Waals surface area contributed by atoms with Crippen molar-refractivity contribution in [1.82, 2.24) is 9.97 Å². The van der Waals surface area contributed by atoms with Crippen LogP contribution in [0, 0.1) is 5.92 Å². The van der Waals surface area contributed by atoms with Crippen molar-refractivity contribution < 1.29 is 9.90 Å². The van der Waals surface area contributed by atoms with Crippen molar-refractivity contribution in [1.29, 1.82) is 0 Å². The molecule has 1 aromatic heterocycles. The standard InChI is InChI=1S/C10H15N3O2/c1-7(2)3-8-4-11-10(12-5-8)13-6-9(14)15/h4-5,7H,3,6H2,1-2H3,(H,14,15)(H,11,12,13). The number of carboxylic acid groups (broad SMARTS) is 1. The summed E-state index contributed by atoms with van der Waals surface area (Å²) >= 11 is 0. The molecule has 82 valence electrons. The van der Waals surface area contributed by atoms with Crippen LogP contribution in [0.5, 0.6) is 0 Å². The van der Waals surface area contributed by atoms with Crippen molar-refractivity contribution in [2.24, 2.45) is 5.92 Å². The molecule has 0 saturated carbocycles. The van der Waals surface area contributed by atoms with Crippen molar-refractivity contribution >= 4 is 11.9 Å². The van der Waals surface area contributed by atoms with Crippen LogP contribution in [0.4, 0.5) is 5.95 Å². The van der Waals surface area contributed by atoms with Crippen LogP contribution in [0.25, 0.3) is 0 Å². The highest BCUT2D eigenvalue weighted by atomic mass is 16.4. The molecular weight excluding hydrogens is 194 g/mol. The number of rotatable bonds is 5. The summed E-state index contributed by atoms with van der Waals surface area (Å²) in [6.07, 6.45) is 4.37. The average molecular weight is 209 g/mol. The van der Waals surface area contributed by atoms with Crippen LogP contribution in [0.15, 0.2) is 12.4 Å². The number of carboxylic acids is 1. The van der Waals surface area contributed by atoms with Gasteiger partial charge in [0, 0.05) is 12.4 Å². The Labute approximate surface area is 88.6 Å². The zero-order valence-corrected chi connectivity index (χ0v) is 8.90. The smallest absolute Gasteiger partial charge is 0.322 e. The van der Waals surface area contributed by atoms with Gasteiger partial charge in [0.05, 0.1) is 0 Å². The molecule has 0 fully saturated rings. The van der Waals surface area contributed by atoms with Crippen LogP contribution in [-0.4, -0.2) is 27.6 Å². The van der Waals surface area contributed by atoms with E-state index >= 15 is 0 Å². The third kappa shape index (κ3) is 4.39. The number of nitrogens with one attached hydrogen (secondary N) is 1. The molecule has 0 saturated heterocycles. The molecule has 0 amide bonds. The number of aromatic nitrogens is 2. The summed E-state index contributed by atoms with van der Waals surface area (Å²) < 4.78 is 0. The third-order valence-corrected chi connectivity index (χ3v) is 1.75. The second-order valence-electron chi connectivity index (χ2n) is 3.76. The Kier molecular flexibility index (Phi) is 4.03. The maximum atomic E-state index is 10.3. The average Bonchev–Trinajstić information content (AvgIpc) is 2.16. The van der Waals surface area contributed by atoms with Gasteiger partial charge in [0.2, 0.25) is 5.95 Å². The van der Waals surface area contributed by atoms with Crippen LogP contribution in [0.1, 0.15) is 19.4 Å². The Hall–Kier alpha value is -1.65. The highest BCUT2D eigenvalue weighted by Gasteiger charge is 2.01. The SMILES string of the molecule is CC(C)Cc1cnc(NCC(=O)O)nc1. The summed E-state index contributed by atoms with van der Waals surface area (Å²) in [5, 5.41) is 11.0. The second-order valence-corrected chi connectivity index (χ2v) is 3.76. The largest absolute Gasteiger partial charge is 0.480 e. The van der Waals surface area contributed by atoms with Crippen molar-refractivity contribution in [2.75, 3.05) is 11.9 Å². The summed E-state index contributed by atoms with van der Waals surface area (Å²) in [5.41, 5.74) is 1.06. The van der Waals surface area contributed by atoms with Gasteiger partial charge in [-0.05, 0) is 17.9 Å². The highest BCUT2D eigenvalue weighted by molar-refractivity contribution is 5.71. The van der Waals surface area contributed by atoms with Crippen LogP contribution in [0.2, 0.25) is 0 Å². The Balaban J connectivity index is 2.52. The van der Waals surface area contributed by atoms with Crippen LogP contribution in [-0.2, 0) is 11.2 Å². The van der Waals surface area contributed by atoms with E-state index in [4.69, 9.17) is 5.11 Å². The lowest BCUT2D eigenvalue weighted by Gasteiger charge is -2.05. The number of aliphatic carboxylic acids is 1. The topological polar surface area (TPSA) is 75.1 Å². The first-order chi connectivity index (χ1) is 7.08. The summed E-state index contributed by atoms with van der Waals surface area (Å²) in [6.45, 7) is 4.08. The molecule has 5 heteroatoms. The number of hydrogen-bond acceptors (Lipinski definition) is 4. The van der Waals surface area contributed by atoms with Gasteiger partial charge in [-0.1, -0.05) is 13.8 Å². The van der Waals surface area contributed by atoms with E-state index in [0.29, 0.717) is 11.9 Å². The van der Waals surface area contributed by atoms with Gasteiger partial charge < -0.3 is 10.4 Å². The maximum Gasteiger partial charge on any atom is 0.322 e. The molecular formula is C10H15N3O2. The third-order valence-electron chi connectivity index (χ3n) is 1.75. The van der Waals surface area contributed by atoms with E-state index < -0.39 is 5.97 Å². The van der Waals surface area contributed by atoms with Gasteiger partial charge in [-0.2, -0.15) is 0 Å². The van der Waals surface area contributed by atoms with Crippen molar-refractivity contribution in [3.63, 3.8) is 0 Å². The lowest BCUT2D eigenvalue weighted by atomic mass is 10.1. The van der Waals surface area contributed by atoms with E-state index in [1.54, 1.807) is 12.4 Å². The molecule has 0 aromatic carbocycles. The lowest BCUT2D eigenvalue weighted by Crippen LogP contribution is -2.14. The summed E-state index contributed by atoms with van der Waals surface area (Å²) in [5.74, 6) is -0.0128. The van der Waals surface area contributed by atoms with Crippen molar-refractivity contribution in [2.45, 2.75) is 20.3 Å². The summed E-state index contributed by atoms with van der Waals surface area (Å²) in [7, 11) is 0. The van der Waals surface area contributed by atoms with Crippen molar-refractivity contribution in [3.05, 3.63) is 18.0 Å². The number of hydrogen-bond donors (Lipinski definition) is 2. The van der Waals surface area contributed by atoms with Gasteiger partial charge in [-0.15, -0.1) is 0 Å². The molecule has 0 aliphatic heterocycles. The second kappa shape index (κ2) is 5.29. The molecule has 0 atom stereocenters. The first kappa shape index (κ1) is 11.4. The normalized spacial score (nSPS) is 10.3. The lowest BCUT2D eigenvalue weighted by molar-refractivity contribution is -0.134. The first-order valence-electron chi connectivity index (χ1n) is 4.84. The van der Waals surface area contributed by atoms with Gasteiger partial charge in [0.1, 0.15) is 6.54 Å². The van der Waals surface area contributed by atoms with Crippen molar-refractivity contribution in [3.8, 4) is 0 Å². The fourth-order valence-corrected chi connectivity index (χ4v) is 1.18. The molecule has 0 spiro atoms. The molecule has 5 nitrogen and oxygen atoms in total. The Morgan fingerprint density at radius 2 is 2.07 bits per heavy atom. The van der Waals surface area contributed by atoms with E-state index in [2.05, 4.69) is 29.1 Å². The van der Waals surface area contributed by atoms with E-state index in [0.717, 1.165) is 12.0 Å².